The Morgan fingerprint density at radius 1 is 1.23 bits per heavy atom. The predicted molar refractivity (Wildman–Crippen MR) is 85.6 cm³/mol. The van der Waals surface area contributed by atoms with Crippen LogP contribution in [0.25, 0.3) is 0 Å². The number of hydrogen-bond donors (Lipinski definition) is 2. The summed E-state index contributed by atoms with van der Waals surface area (Å²) in [5, 5.41) is 5.49. The molecular weight excluding hydrogens is 302 g/mol. The van der Waals surface area contributed by atoms with Crippen LogP contribution in [-0.4, -0.2) is 16.8 Å². The molecule has 0 spiro atoms. The first-order valence-corrected chi connectivity index (χ1v) is 7.10. The van der Waals surface area contributed by atoms with Crippen molar-refractivity contribution in [2.45, 2.75) is 20.4 Å². The lowest BCUT2D eigenvalue weighted by Crippen LogP contribution is -2.35. The Kier molecular flexibility index (Phi) is 5.12. The van der Waals surface area contributed by atoms with Gasteiger partial charge in [0.25, 0.3) is 0 Å². The zero-order valence-electron chi connectivity index (χ0n) is 12.3. The van der Waals surface area contributed by atoms with E-state index >= 15 is 0 Å². The number of aryl methyl sites for hydroxylation is 2. The van der Waals surface area contributed by atoms with Gasteiger partial charge in [-0.2, -0.15) is 0 Å². The molecule has 2 rings (SSSR count). The fourth-order valence-corrected chi connectivity index (χ4v) is 2.38. The maximum absolute atomic E-state index is 11.9. The lowest BCUT2D eigenvalue weighted by Gasteiger charge is -2.11. The Bertz CT molecular complexity index is 679. The van der Waals surface area contributed by atoms with Crippen molar-refractivity contribution in [3.05, 3.63) is 58.4 Å². The number of benzene rings is 1. The highest BCUT2D eigenvalue weighted by Gasteiger charge is 2.16. The number of hydrogen-bond acceptors (Lipinski definition) is 3. The quantitative estimate of drug-likeness (QED) is 0.855. The molecule has 0 atom stereocenters. The van der Waals surface area contributed by atoms with Gasteiger partial charge in [0.15, 0.2) is 0 Å². The molecule has 0 fully saturated rings. The third kappa shape index (κ3) is 4.05. The van der Waals surface area contributed by atoms with E-state index in [0.717, 1.165) is 16.7 Å². The number of anilines is 1. The highest BCUT2D eigenvalue weighted by Crippen LogP contribution is 2.27. The first-order valence-electron chi connectivity index (χ1n) is 6.72. The van der Waals surface area contributed by atoms with Gasteiger partial charge in [0.2, 0.25) is 0 Å². The van der Waals surface area contributed by atoms with Crippen molar-refractivity contribution in [1.82, 2.24) is 10.3 Å². The SMILES string of the molecule is Cc1cc(C)c(NC(=O)C(=O)NCc2cccnc2)c(Cl)c1. The van der Waals surface area contributed by atoms with Crippen LogP contribution in [0.5, 0.6) is 0 Å². The van der Waals surface area contributed by atoms with Crippen LogP contribution >= 0.6 is 11.6 Å². The Morgan fingerprint density at radius 3 is 2.64 bits per heavy atom. The predicted octanol–water partition coefficient (Wildman–Crippen LogP) is 2.61. The number of halogens is 1. The lowest BCUT2D eigenvalue weighted by molar-refractivity contribution is -0.136. The van der Waals surface area contributed by atoms with Gasteiger partial charge in [0.1, 0.15) is 0 Å². The second-order valence-corrected chi connectivity index (χ2v) is 5.34. The van der Waals surface area contributed by atoms with Crippen molar-refractivity contribution in [3.8, 4) is 0 Å². The van der Waals surface area contributed by atoms with Crippen molar-refractivity contribution in [3.63, 3.8) is 0 Å². The minimum Gasteiger partial charge on any atom is -0.344 e. The molecule has 5 nitrogen and oxygen atoms in total. The summed E-state index contributed by atoms with van der Waals surface area (Å²) in [5.41, 5.74) is 3.06. The zero-order chi connectivity index (χ0) is 16.1. The minimum atomic E-state index is -0.752. The van der Waals surface area contributed by atoms with Gasteiger partial charge in [-0.3, -0.25) is 14.6 Å². The summed E-state index contributed by atoms with van der Waals surface area (Å²) in [6, 6.07) is 7.19. The topological polar surface area (TPSA) is 71.1 Å². The van der Waals surface area contributed by atoms with Gasteiger partial charge < -0.3 is 10.6 Å². The number of aromatic nitrogens is 1. The zero-order valence-corrected chi connectivity index (χ0v) is 13.1. The molecule has 114 valence electrons. The highest BCUT2D eigenvalue weighted by atomic mass is 35.5. The largest absolute Gasteiger partial charge is 0.344 e. The monoisotopic (exact) mass is 317 g/mol. The second-order valence-electron chi connectivity index (χ2n) is 4.94. The molecule has 0 aliphatic heterocycles. The first-order chi connectivity index (χ1) is 10.5. The van der Waals surface area contributed by atoms with E-state index < -0.39 is 11.8 Å². The molecule has 0 unspecified atom stereocenters. The van der Waals surface area contributed by atoms with Crippen molar-refractivity contribution >= 4 is 29.1 Å². The molecule has 0 radical (unpaired) electrons. The van der Waals surface area contributed by atoms with Gasteiger partial charge in [0, 0.05) is 18.9 Å². The van der Waals surface area contributed by atoms with Gasteiger partial charge >= 0.3 is 11.8 Å². The summed E-state index contributed by atoms with van der Waals surface area (Å²) < 4.78 is 0. The number of carbonyl (C=O) groups excluding carboxylic acids is 2. The average Bonchev–Trinajstić information content (AvgIpc) is 2.49. The van der Waals surface area contributed by atoms with E-state index in [1.54, 1.807) is 24.5 Å². The molecule has 2 aromatic rings. The molecule has 2 N–H and O–H groups in total. The van der Waals surface area contributed by atoms with E-state index in [2.05, 4.69) is 15.6 Å². The molecule has 0 saturated heterocycles. The molecule has 22 heavy (non-hydrogen) atoms. The van der Waals surface area contributed by atoms with Crippen molar-refractivity contribution < 1.29 is 9.59 Å². The molecule has 0 aliphatic carbocycles. The number of nitrogens with zero attached hydrogens (tertiary/aromatic N) is 1. The van der Waals surface area contributed by atoms with Crippen LogP contribution in [0, 0.1) is 13.8 Å². The summed E-state index contributed by atoms with van der Waals surface area (Å²) in [7, 11) is 0. The molecule has 1 aromatic heterocycles. The number of carbonyl (C=O) groups is 2. The number of nitrogens with one attached hydrogen (secondary N) is 2. The van der Waals surface area contributed by atoms with E-state index in [4.69, 9.17) is 11.6 Å². The van der Waals surface area contributed by atoms with E-state index in [9.17, 15) is 9.59 Å². The van der Waals surface area contributed by atoms with E-state index in [0.29, 0.717) is 10.7 Å². The molecule has 2 amide bonds. The van der Waals surface area contributed by atoms with Crippen LogP contribution in [0.2, 0.25) is 5.02 Å². The van der Waals surface area contributed by atoms with Crippen LogP contribution in [0.15, 0.2) is 36.7 Å². The Labute approximate surface area is 133 Å². The molecule has 1 aromatic carbocycles. The van der Waals surface area contributed by atoms with Crippen molar-refractivity contribution in [2.24, 2.45) is 0 Å². The van der Waals surface area contributed by atoms with Crippen molar-refractivity contribution in [1.29, 1.82) is 0 Å². The van der Waals surface area contributed by atoms with Crippen molar-refractivity contribution in [2.75, 3.05) is 5.32 Å². The molecular formula is C16H16ClN3O2. The summed E-state index contributed by atoms with van der Waals surface area (Å²) in [6.45, 7) is 3.97. The Hall–Kier alpha value is -2.40. The normalized spacial score (nSPS) is 10.1. The number of pyridine rings is 1. The number of amides is 2. The van der Waals surface area contributed by atoms with E-state index in [-0.39, 0.29) is 6.54 Å². The molecule has 0 bridgehead atoms. The van der Waals surface area contributed by atoms with E-state index in [1.165, 1.54) is 0 Å². The van der Waals surface area contributed by atoms with Gasteiger partial charge in [-0.25, -0.2) is 0 Å². The van der Waals surface area contributed by atoms with Crippen LogP contribution in [-0.2, 0) is 16.1 Å². The van der Waals surface area contributed by atoms with E-state index in [1.807, 2.05) is 26.0 Å². The lowest BCUT2D eigenvalue weighted by atomic mass is 10.1. The fraction of sp³-hybridized carbons (Fsp3) is 0.188. The first kappa shape index (κ1) is 16.0. The molecule has 0 aliphatic rings. The van der Waals surface area contributed by atoms with Crippen LogP contribution in [0.3, 0.4) is 0 Å². The maximum atomic E-state index is 11.9. The van der Waals surface area contributed by atoms with Gasteiger partial charge in [-0.1, -0.05) is 23.7 Å². The smallest absolute Gasteiger partial charge is 0.313 e. The van der Waals surface area contributed by atoms with Gasteiger partial charge in [0.05, 0.1) is 10.7 Å². The van der Waals surface area contributed by atoms with Crippen LogP contribution in [0.4, 0.5) is 5.69 Å². The minimum absolute atomic E-state index is 0.237. The third-order valence-corrected chi connectivity index (χ3v) is 3.35. The van der Waals surface area contributed by atoms with Gasteiger partial charge in [-0.15, -0.1) is 0 Å². The number of rotatable bonds is 3. The molecule has 6 heteroatoms. The summed E-state index contributed by atoms with van der Waals surface area (Å²) in [5.74, 6) is -1.47. The Balaban J connectivity index is 1.99. The summed E-state index contributed by atoms with van der Waals surface area (Å²) >= 11 is 6.10. The fourth-order valence-electron chi connectivity index (χ4n) is 2.01. The maximum Gasteiger partial charge on any atom is 0.313 e. The Morgan fingerprint density at radius 2 is 2.00 bits per heavy atom. The summed E-state index contributed by atoms with van der Waals surface area (Å²) in [6.07, 6.45) is 3.26. The summed E-state index contributed by atoms with van der Waals surface area (Å²) in [4.78, 5) is 27.7. The third-order valence-electron chi connectivity index (χ3n) is 3.05. The molecule has 0 saturated carbocycles. The van der Waals surface area contributed by atoms with Gasteiger partial charge in [-0.05, 0) is 42.7 Å². The highest BCUT2D eigenvalue weighted by molar-refractivity contribution is 6.41. The average molecular weight is 318 g/mol. The van der Waals surface area contributed by atoms with Crippen LogP contribution < -0.4 is 10.6 Å². The second kappa shape index (κ2) is 7.04. The van der Waals surface area contributed by atoms with Crippen LogP contribution in [0.1, 0.15) is 16.7 Å². The standard InChI is InChI=1S/C16H16ClN3O2/c1-10-6-11(2)14(13(17)7-10)20-16(22)15(21)19-9-12-4-3-5-18-8-12/h3-8H,9H2,1-2H3,(H,19,21)(H,20,22). The molecule has 1 heterocycles.